The molecule has 2 N–H and O–H groups in total. The second-order valence-corrected chi connectivity index (χ2v) is 12.2. The van der Waals surface area contributed by atoms with Gasteiger partial charge in [-0.1, -0.05) is 0 Å². The van der Waals surface area contributed by atoms with Crippen molar-refractivity contribution in [2.24, 2.45) is 5.14 Å². The SMILES string of the molecule is CC(C)(CCCCOCCCCC(C)(C)S(N)(=O)=O)S(C)(=O)=O. The minimum atomic E-state index is -3.52. The number of primary sulfonamides is 1. The number of ether oxygens (including phenoxy) is 1. The van der Waals surface area contributed by atoms with Gasteiger partial charge in [-0.05, 0) is 66.2 Å². The quantitative estimate of drug-likeness (QED) is 0.530. The van der Waals surface area contributed by atoms with E-state index < -0.39 is 29.4 Å². The molecule has 8 heteroatoms. The van der Waals surface area contributed by atoms with Crippen LogP contribution >= 0.6 is 0 Å². The summed E-state index contributed by atoms with van der Waals surface area (Å²) in [6.07, 6.45) is 5.56. The second-order valence-electron chi connectivity index (χ2n) is 7.36. The molecule has 0 bridgehead atoms. The molecule has 0 heterocycles. The van der Waals surface area contributed by atoms with Gasteiger partial charge in [-0.3, -0.25) is 0 Å². The summed E-state index contributed by atoms with van der Waals surface area (Å²) >= 11 is 0. The summed E-state index contributed by atoms with van der Waals surface area (Å²) < 4.78 is 49.7. The predicted octanol–water partition coefficient (Wildman–Crippen LogP) is 2.23. The molecule has 0 aliphatic heterocycles. The van der Waals surface area contributed by atoms with Crippen molar-refractivity contribution in [3.05, 3.63) is 0 Å². The zero-order chi connectivity index (χ0) is 18.4. The molecule has 0 fully saturated rings. The maximum atomic E-state index is 11.6. The van der Waals surface area contributed by atoms with Crippen LogP contribution in [-0.4, -0.2) is 45.8 Å². The van der Waals surface area contributed by atoms with E-state index in [1.54, 1.807) is 27.7 Å². The van der Waals surface area contributed by atoms with Gasteiger partial charge in [0.1, 0.15) is 0 Å². The highest BCUT2D eigenvalue weighted by molar-refractivity contribution is 7.92. The Hall–Kier alpha value is -0.180. The molecule has 0 aromatic rings. The average molecular weight is 372 g/mol. The van der Waals surface area contributed by atoms with Crippen LogP contribution in [-0.2, 0) is 24.6 Å². The summed E-state index contributed by atoms with van der Waals surface area (Å²) in [5.74, 6) is 0. The standard InChI is InChI=1S/C15H33NO5S2/c1-14(2,22(5,17)18)10-6-8-12-21-13-9-7-11-15(3,4)23(16,19)20/h6-13H2,1-5H3,(H2,16,19,20). The van der Waals surface area contributed by atoms with E-state index in [2.05, 4.69) is 0 Å². The molecule has 6 nitrogen and oxygen atoms in total. The molecular formula is C15H33NO5S2. The van der Waals surface area contributed by atoms with Crippen LogP contribution < -0.4 is 5.14 Å². The van der Waals surface area contributed by atoms with Crippen LogP contribution in [0.4, 0.5) is 0 Å². The summed E-state index contributed by atoms with van der Waals surface area (Å²) in [7, 11) is -6.56. The zero-order valence-electron chi connectivity index (χ0n) is 15.1. The Balaban J connectivity index is 3.74. The van der Waals surface area contributed by atoms with Crippen molar-refractivity contribution in [2.45, 2.75) is 75.7 Å². The molecule has 140 valence electrons. The number of nitrogens with two attached hydrogens (primary N) is 1. The third-order valence-electron chi connectivity index (χ3n) is 4.41. The Bertz CT molecular complexity index is 500. The number of sulfonamides is 1. The van der Waals surface area contributed by atoms with Crippen LogP contribution in [0.15, 0.2) is 0 Å². The Morgan fingerprint density at radius 3 is 1.52 bits per heavy atom. The van der Waals surface area contributed by atoms with Crippen molar-refractivity contribution in [1.82, 2.24) is 0 Å². The van der Waals surface area contributed by atoms with Gasteiger partial charge in [0.2, 0.25) is 10.0 Å². The van der Waals surface area contributed by atoms with Gasteiger partial charge < -0.3 is 4.74 Å². The number of unbranched alkanes of at least 4 members (excludes halogenated alkanes) is 2. The number of sulfone groups is 1. The first kappa shape index (κ1) is 22.8. The van der Waals surface area contributed by atoms with Crippen LogP contribution in [0.3, 0.4) is 0 Å². The Morgan fingerprint density at radius 1 is 0.783 bits per heavy atom. The fourth-order valence-electron chi connectivity index (χ4n) is 1.94. The minimum absolute atomic E-state index is 0.512. The van der Waals surface area contributed by atoms with Crippen molar-refractivity contribution in [3.63, 3.8) is 0 Å². The van der Waals surface area contributed by atoms with Crippen LogP contribution in [0.25, 0.3) is 0 Å². The topological polar surface area (TPSA) is 104 Å². The summed E-state index contributed by atoms with van der Waals surface area (Å²) in [5.41, 5.74) is 0. The third kappa shape index (κ3) is 8.47. The fourth-order valence-corrected chi connectivity index (χ4v) is 2.88. The summed E-state index contributed by atoms with van der Waals surface area (Å²) in [6.45, 7) is 7.93. The molecule has 23 heavy (non-hydrogen) atoms. The largest absolute Gasteiger partial charge is 0.381 e. The van der Waals surface area contributed by atoms with Crippen molar-refractivity contribution >= 4 is 19.9 Å². The third-order valence-corrected chi connectivity index (χ3v) is 8.37. The summed E-state index contributed by atoms with van der Waals surface area (Å²) in [5, 5.41) is 5.17. The van der Waals surface area contributed by atoms with E-state index in [-0.39, 0.29) is 0 Å². The van der Waals surface area contributed by atoms with Crippen molar-refractivity contribution in [2.75, 3.05) is 19.5 Å². The first-order chi connectivity index (χ1) is 10.2. The van der Waals surface area contributed by atoms with E-state index in [1.165, 1.54) is 6.26 Å². The van der Waals surface area contributed by atoms with E-state index in [9.17, 15) is 16.8 Å². The molecular weight excluding hydrogens is 338 g/mol. The molecule has 0 saturated carbocycles. The first-order valence-electron chi connectivity index (χ1n) is 8.00. The molecule has 0 aliphatic rings. The van der Waals surface area contributed by atoms with Gasteiger partial charge in [0.15, 0.2) is 9.84 Å². The molecule has 0 aliphatic carbocycles. The zero-order valence-corrected chi connectivity index (χ0v) is 16.7. The molecule has 0 radical (unpaired) electrons. The van der Waals surface area contributed by atoms with Crippen LogP contribution in [0.5, 0.6) is 0 Å². The summed E-state index contributed by atoms with van der Waals surface area (Å²) in [4.78, 5) is 0. The normalized spacial score (nSPS) is 14.2. The number of hydrogen-bond acceptors (Lipinski definition) is 5. The summed E-state index contributed by atoms with van der Waals surface area (Å²) in [6, 6.07) is 0. The number of rotatable bonds is 12. The molecule has 0 amide bonds. The lowest BCUT2D eigenvalue weighted by molar-refractivity contribution is 0.125. The van der Waals surface area contributed by atoms with E-state index >= 15 is 0 Å². The van der Waals surface area contributed by atoms with Crippen LogP contribution in [0.2, 0.25) is 0 Å². The maximum absolute atomic E-state index is 11.6. The minimum Gasteiger partial charge on any atom is -0.381 e. The lowest BCUT2D eigenvalue weighted by atomic mass is 10.1. The van der Waals surface area contributed by atoms with Gasteiger partial charge in [-0.25, -0.2) is 22.0 Å². The van der Waals surface area contributed by atoms with Crippen LogP contribution in [0.1, 0.15) is 66.2 Å². The molecule has 0 aromatic heterocycles. The molecule has 0 spiro atoms. The van der Waals surface area contributed by atoms with Gasteiger partial charge in [-0.2, -0.15) is 0 Å². The fraction of sp³-hybridized carbons (Fsp3) is 1.00. The lowest BCUT2D eigenvalue weighted by Gasteiger charge is -2.22. The highest BCUT2D eigenvalue weighted by Crippen LogP contribution is 2.22. The van der Waals surface area contributed by atoms with Gasteiger partial charge in [0.05, 0.1) is 9.49 Å². The highest BCUT2D eigenvalue weighted by Gasteiger charge is 2.30. The monoisotopic (exact) mass is 371 g/mol. The average Bonchev–Trinajstić information content (AvgIpc) is 2.33. The Morgan fingerprint density at radius 2 is 1.17 bits per heavy atom. The van der Waals surface area contributed by atoms with Gasteiger partial charge in [0, 0.05) is 19.5 Å². The molecule has 0 unspecified atom stereocenters. The maximum Gasteiger partial charge on any atom is 0.214 e. The molecule has 0 aromatic carbocycles. The molecule has 0 rings (SSSR count). The van der Waals surface area contributed by atoms with Crippen molar-refractivity contribution < 1.29 is 21.6 Å². The second kappa shape index (κ2) is 8.78. The smallest absolute Gasteiger partial charge is 0.214 e. The lowest BCUT2D eigenvalue weighted by Crippen LogP contribution is -2.37. The predicted molar refractivity (Wildman–Crippen MR) is 94.6 cm³/mol. The number of hydrogen-bond donors (Lipinski definition) is 1. The van der Waals surface area contributed by atoms with Crippen LogP contribution in [0, 0.1) is 0 Å². The van der Waals surface area contributed by atoms with Crippen molar-refractivity contribution in [3.8, 4) is 0 Å². The molecule has 0 saturated heterocycles. The van der Waals surface area contributed by atoms with E-state index in [0.717, 1.165) is 25.7 Å². The van der Waals surface area contributed by atoms with Gasteiger partial charge in [0.25, 0.3) is 0 Å². The van der Waals surface area contributed by atoms with E-state index in [4.69, 9.17) is 9.88 Å². The Labute approximate surface area is 142 Å². The molecule has 0 atom stereocenters. The van der Waals surface area contributed by atoms with Crippen molar-refractivity contribution in [1.29, 1.82) is 0 Å². The van der Waals surface area contributed by atoms with Gasteiger partial charge in [-0.15, -0.1) is 0 Å². The van der Waals surface area contributed by atoms with Gasteiger partial charge >= 0.3 is 0 Å². The highest BCUT2D eigenvalue weighted by atomic mass is 32.2. The van der Waals surface area contributed by atoms with E-state index in [0.29, 0.717) is 26.1 Å². The van der Waals surface area contributed by atoms with E-state index in [1.807, 2.05) is 0 Å². The first-order valence-corrected chi connectivity index (χ1v) is 11.4. The Kier molecular flexibility index (Phi) is 8.71.